The summed E-state index contributed by atoms with van der Waals surface area (Å²) < 4.78 is 4.76. The maximum atomic E-state index is 12.1. The van der Waals surface area contributed by atoms with Gasteiger partial charge in [-0.3, -0.25) is 9.78 Å². The first kappa shape index (κ1) is 14.2. The summed E-state index contributed by atoms with van der Waals surface area (Å²) in [5.74, 6) is -0.805. The fraction of sp³-hybridized carbons (Fsp3) is 0.214. The van der Waals surface area contributed by atoms with Gasteiger partial charge in [0.2, 0.25) is 0 Å². The summed E-state index contributed by atoms with van der Waals surface area (Å²) in [4.78, 5) is 28.8. The summed E-state index contributed by atoms with van der Waals surface area (Å²) in [7, 11) is 1.32. The number of thiophene rings is 1. The maximum Gasteiger partial charge on any atom is 0.341 e. The molecule has 0 aromatic carbocycles. The Morgan fingerprint density at radius 2 is 2.05 bits per heavy atom. The molecule has 1 amide bonds. The van der Waals surface area contributed by atoms with Crippen molar-refractivity contribution in [3.05, 3.63) is 46.1 Å². The number of amides is 1. The van der Waals surface area contributed by atoms with E-state index in [1.54, 1.807) is 24.4 Å². The molecule has 0 spiro atoms. The highest BCUT2D eigenvalue weighted by Crippen LogP contribution is 2.33. The summed E-state index contributed by atoms with van der Waals surface area (Å²) in [6.07, 6.45) is 1.54. The van der Waals surface area contributed by atoms with Crippen LogP contribution in [0.25, 0.3) is 0 Å². The van der Waals surface area contributed by atoms with Gasteiger partial charge in [-0.25, -0.2) is 4.79 Å². The van der Waals surface area contributed by atoms with Gasteiger partial charge in [-0.05, 0) is 31.5 Å². The molecule has 0 aliphatic heterocycles. The van der Waals surface area contributed by atoms with Crippen molar-refractivity contribution < 1.29 is 14.3 Å². The molecule has 2 rings (SSSR count). The Hall–Kier alpha value is -2.21. The van der Waals surface area contributed by atoms with Crippen LogP contribution in [0.1, 0.15) is 31.3 Å². The monoisotopic (exact) mass is 290 g/mol. The summed E-state index contributed by atoms with van der Waals surface area (Å²) >= 11 is 1.35. The predicted octanol–water partition coefficient (Wildman–Crippen LogP) is 2.80. The summed E-state index contributed by atoms with van der Waals surface area (Å²) in [5, 5.41) is 3.21. The van der Waals surface area contributed by atoms with Crippen LogP contribution >= 0.6 is 11.3 Å². The lowest BCUT2D eigenvalue weighted by Crippen LogP contribution is -2.15. The summed E-state index contributed by atoms with van der Waals surface area (Å²) in [6.45, 7) is 3.72. The molecule has 5 nitrogen and oxygen atoms in total. The van der Waals surface area contributed by atoms with E-state index < -0.39 is 5.97 Å². The highest BCUT2D eigenvalue weighted by atomic mass is 32.1. The lowest BCUT2D eigenvalue weighted by atomic mass is 10.1. The Labute approximate surface area is 120 Å². The van der Waals surface area contributed by atoms with Crippen LogP contribution in [0.2, 0.25) is 0 Å². The zero-order valence-electron chi connectivity index (χ0n) is 11.4. The van der Waals surface area contributed by atoms with Crippen molar-refractivity contribution >= 4 is 28.2 Å². The molecule has 0 saturated heterocycles. The van der Waals surface area contributed by atoms with Crippen molar-refractivity contribution in [1.82, 2.24) is 4.98 Å². The molecule has 0 aliphatic rings. The number of anilines is 1. The number of carbonyl (C=O) groups excluding carboxylic acids is 2. The normalized spacial score (nSPS) is 10.2. The second-order valence-corrected chi connectivity index (χ2v) is 5.37. The van der Waals surface area contributed by atoms with Crippen LogP contribution in [-0.4, -0.2) is 24.0 Å². The SMILES string of the molecule is COC(=O)c1c(NC(=O)c2ccccn2)sc(C)c1C. The number of methoxy groups -OCH3 is 1. The van der Waals surface area contributed by atoms with Gasteiger partial charge in [0, 0.05) is 11.1 Å². The maximum absolute atomic E-state index is 12.1. The van der Waals surface area contributed by atoms with Crippen LogP contribution in [0.15, 0.2) is 24.4 Å². The van der Waals surface area contributed by atoms with Gasteiger partial charge in [0.15, 0.2) is 0 Å². The van der Waals surface area contributed by atoms with E-state index in [4.69, 9.17) is 4.74 Å². The largest absolute Gasteiger partial charge is 0.465 e. The Kier molecular flexibility index (Phi) is 4.14. The number of ether oxygens (including phenoxy) is 1. The van der Waals surface area contributed by atoms with Gasteiger partial charge >= 0.3 is 5.97 Å². The molecule has 0 radical (unpaired) electrons. The van der Waals surface area contributed by atoms with Crippen molar-refractivity contribution in [3.8, 4) is 0 Å². The molecule has 1 N–H and O–H groups in total. The van der Waals surface area contributed by atoms with Crippen LogP contribution in [0.4, 0.5) is 5.00 Å². The molecule has 20 heavy (non-hydrogen) atoms. The first-order chi connectivity index (χ1) is 9.54. The van der Waals surface area contributed by atoms with Crippen molar-refractivity contribution in [2.75, 3.05) is 12.4 Å². The minimum absolute atomic E-state index is 0.298. The van der Waals surface area contributed by atoms with E-state index in [2.05, 4.69) is 10.3 Å². The lowest BCUT2D eigenvalue weighted by Gasteiger charge is -2.05. The van der Waals surface area contributed by atoms with Gasteiger partial charge in [-0.15, -0.1) is 11.3 Å². The molecule has 2 aromatic heterocycles. The average molecular weight is 290 g/mol. The van der Waals surface area contributed by atoms with E-state index in [9.17, 15) is 9.59 Å². The molecular formula is C14H14N2O3S. The molecule has 0 aliphatic carbocycles. The Morgan fingerprint density at radius 3 is 2.65 bits per heavy atom. The zero-order chi connectivity index (χ0) is 14.7. The third-order valence-electron chi connectivity index (χ3n) is 2.90. The van der Waals surface area contributed by atoms with E-state index in [-0.39, 0.29) is 5.91 Å². The van der Waals surface area contributed by atoms with Crippen LogP contribution in [0, 0.1) is 13.8 Å². The highest BCUT2D eigenvalue weighted by Gasteiger charge is 2.22. The number of aromatic nitrogens is 1. The second kappa shape index (κ2) is 5.83. The van der Waals surface area contributed by atoms with E-state index in [0.717, 1.165) is 10.4 Å². The molecule has 0 fully saturated rings. The third-order valence-corrected chi connectivity index (χ3v) is 4.02. The van der Waals surface area contributed by atoms with E-state index in [1.807, 2.05) is 13.8 Å². The zero-order valence-corrected chi connectivity index (χ0v) is 12.2. The smallest absolute Gasteiger partial charge is 0.341 e. The molecule has 104 valence electrons. The first-order valence-corrected chi connectivity index (χ1v) is 6.77. The van der Waals surface area contributed by atoms with Gasteiger partial charge in [0.25, 0.3) is 5.91 Å². The topological polar surface area (TPSA) is 68.3 Å². The summed E-state index contributed by atoms with van der Waals surface area (Å²) in [6, 6.07) is 5.07. The number of nitrogens with one attached hydrogen (secondary N) is 1. The number of hydrogen-bond acceptors (Lipinski definition) is 5. The number of aryl methyl sites for hydroxylation is 1. The second-order valence-electron chi connectivity index (χ2n) is 4.15. The molecule has 0 bridgehead atoms. The van der Waals surface area contributed by atoms with Crippen LogP contribution in [-0.2, 0) is 4.74 Å². The first-order valence-electron chi connectivity index (χ1n) is 5.95. The Bertz CT molecular complexity index is 650. The molecule has 2 heterocycles. The van der Waals surface area contributed by atoms with Gasteiger partial charge in [-0.2, -0.15) is 0 Å². The van der Waals surface area contributed by atoms with Crippen molar-refractivity contribution in [2.24, 2.45) is 0 Å². The Balaban J connectivity index is 2.32. The van der Waals surface area contributed by atoms with Gasteiger partial charge in [-0.1, -0.05) is 6.07 Å². The molecule has 6 heteroatoms. The van der Waals surface area contributed by atoms with Crippen molar-refractivity contribution in [1.29, 1.82) is 0 Å². The molecule has 2 aromatic rings. The van der Waals surface area contributed by atoms with Crippen LogP contribution in [0.5, 0.6) is 0 Å². The van der Waals surface area contributed by atoms with Gasteiger partial charge in [0.05, 0.1) is 12.7 Å². The molecule has 0 atom stereocenters. The average Bonchev–Trinajstić information content (AvgIpc) is 2.74. The van der Waals surface area contributed by atoms with Gasteiger partial charge in [0.1, 0.15) is 10.7 Å². The van der Waals surface area contributed by atoms with Crippen molar-refractivity contribution in [3.63, 3.8) is 0 Å². The fourth-order valence-corrected chi connectivity index (χ4v) is 2.77. The number of hydrogen-bond donors (Lipinski definition) is 1. The number of rotatable bonds is 3. The van der Waals surface area contributed by atoms with Crippen LogP contribution in [0.3, 0.4) is 0 Å². The van der Waals surface area contributed by atoms with E-state index in [0.29, 0.717) is 16.3 Å². The van der Waals surface area contributed by atoms with Crippen LogP contribution < -0.4 is 5.32 Å². The van der Waals surface area contributed by atoms with E-state index in [1.165, 1.54) is 18.4 Å². The van der Waals surface area contributed by atoms with Gasteiger partial charge < -0.3 is 10.1 Å². The lowest BCUT2D eigenvalue weighted by molar-refractivity contribution is 0.0601. The predicted molar refractivity (Wildman–Crippen MR) is 77.3 cm³/mol. The number of nitrogens with zero attached hydrogens (tertiary/aromatic N) is 1. The van der Waals surface area contributed by atoms with Crippen molar-refractivity contribution in [2.45, 2.75) is 13.8 Å². The molecule has 0 saturated carbocycles. The minimum Gasteiger partial charge on any atom is -0.465 e. The molecule has 0 unspecified atom stereocenters. The quantitative estimate of drug-likeness (QED) is 0.883. The molecular weight excluding hydrogens is 276 g/mol. The Morgan fingerprint density at radius 1 is 1.30 bits per heavy atom. The highest BCUT2D eigenvalue weighted by molar-refractivity contribution is 7.16. The third kappa shape index (κ3) is 2.70. The summed E-state index contributed by atoms with van der Waals surface area (Å²) in [5.41, 5.74) is 1.52. The number of esters is 1. The number of pyridine rings is 1. The van der Waals surface area contributed by atoms with E-state index >= 15 is 0 Å². The fourth-order valence-electron chi connectivity index (χ4n) is 1.73. The number of carbonyl (C=O) groups is 2. The minimum atomic E-state index is -0.455. The standard InChI is InChI=1S/C14H14N2O3S/c1-8-9(2)20-13(11(8)14(18)19-3)16-12(17)10-6-4-5-7-15-10/h4-7H,1-3H3,(H,16,17).